The van der Waals surface area contributed by atoms with Crippen LogP contribution in [0.4, 0.5) is 17.6 Å². The molecule has 0 fully saturated rings. The molecule has 8 heteroatoms. The minimum atomic E-state index is -4.51. The van der Waals surface area contributed by atoms with Crippen molar-refractivity contribution in [2.24, 2.45) is 0 Å². The number of rotatable bonds is 4. The molecule has 1 atom stereocenters. The predicted molar refractivity (Wildman–Crippen MR) is 71.5 cm³/mol. The highest BCUT2D eigenvalue weighted by Gasteiger charge is 2.26. The van der Waals surface area contributed by atoms with Gasteiger partial charge in [0, 0.05) is 6.04 Å². The highest BCUT2D eigenvalue weighted by Crippen LogP contribution is 2.22. The fourth-order valence-electron chi connectivity index (χ4n) is 1.88. The third-order valence-corrected chi connectivity index (χ3v) is 4.55. The Labute approximate surface area is 124 Å². The number of hydrogen-bond acceptors (Lipinski definition) is 2. The molecular formula is C14H11F4NO2S. The van der Waals surface area contributed by atoms with Crippen LogP contribution in [0, 0.1) is 23.3 Å². The Kier molecular flexibility index (Phi) is 4.52. The van der Waals surface area contributed by atoms with E-state index in [0.717, 1.165) is 30.3 Å². The van der Waals surface area contributed by atoms with Gasteiger partial charge in [-0.2, -0.15) is 0 Å². The summed E-state index contributed by atoms with van der Waals surface area (Å²) in [5, 5.41) is 0. The van der Waals surface area contributed by atoms with Gasteiger partial charge in [-0.05, 0) is 36.8 Å². The minimum absolute atomic E-state index is 0.110. The number of halogens is 4. The van der Waals surface area contributed by atoms with Crippen LogP contribution in [0.1, 0.15) is 18.5 Å². The van der Waals surface area contributed by atoms with Gasteiger partial charge in [0.05, 0.1) is 0 Å². The molecule has 1 N–H and O–H groups in total. The van der Waals surface area contributed by atoms with Crippen molar-refractivity contribution in [1.29, 1.82) is 0 Å². The van der Waals surface area contributed by atoms with E-state index in [4.69, 9.17) is 0 Å². The van der Waals surface area contributed by atoms with Crippen molar-refractivity contribution >= 4 is 10.0 Å². The highest BCUT2D eigenvalue weighted by molar-refractivity contribution is 7.89. The molecule has 0 aromatic heterocycles. The maximum atomic E-state index is 13.5. The zero-order valence-electron chi connectivity index (χ0n) is 11.3. The van der Waals surface area contributed by atoms with Gasteiger partial charge in [-0.3, -0.25) is 0 Å². The molecule has 0 bridgehead atoms. The van der Waals surface area contributed by atoms with Crippen LogP contribution in [-0.4, -0.2) is 8.42 Å². The van der Waals surface area contributed by atoms with Crippen LogP contribution in [0.5, 0.6) is 0 Å². The van der Waals surface area contributed by atoms with Crippen molar-refractivity contribution < 1.29 is 26.0 Å². The van der Waals surface area contributed by atoms with Crippen molar-refractivity contribution in [1.82, 2.24) is 4.72 Å². The molecule has 3 nitrogen and oxygen atoms in total. The molecule has 0 radical (unpaired) electrons. The summed E-state index contributed by atoms with van der Waals surface area (Å²) in [6.07, 6.45) is 0. The second kappa shape index (κ2) is 6.05. The van der Waals surface area contributed by atoms with Gasteiger partial charge in [0.1, 0.15) is 11.6 Å². The molecule has 0 saturated carbocycles. The van der Waals surface area contributed by atoms with Gasteiger partial charge in [0.2, 0.25) is 10.0 Å². The first-order chi connectivity index (χ1) is 10.2. The molecule has 0 aliphatic carbocycles. The van der Waals surface area contributed by atoms with Crippen LogP contribution in [-0.2, 0) is 10.0 Å². The lowest BCUT2D eigenvalue weighted by Crippen LogP contribution is -2.28. The third-order valence-electron chi connectivity index (χ3n) is 2.96. The Morgan fingerprint density at radius 2 is 1.50 bits per heavy atom. The lowest BCUT2D eigenvalue weighted by atomic mass is 10.1. The number of hydrogen-bond donors (Lipinski definition) is 1. The maximum absolute atomic E-state index is 13.5. The molecule has 22 heavy (non-hydrogen) atoms. The molecule has 0 saturated heterocycles. The van der Waals surface area contributed by atoms with E-state index >= 15 is 0 Å². The Morgan fingerprint density at radius 1 is 0.909 bits per heavy atom. The van der Waals surface area contributed by atoms with Gasteiger partial charge < -0.3 is 0 Å². The van der Waals surface area contributed by atoms with Gasteiger partial charge in [0.15, 0.2) is 16.5 Å². The van der Waals surface area contributed by atoms with Gasteiger partial charge in [-0.25, -0.2) is 30.7 Å². The quantitative estimate of drug-likeness (QED) is 0.873. The third kappa shape index (κ3) is 3.28. The van der Waals surface area contributed by atoms with Crippen molar-refractivity contribution in [3.05, 3.63) is 65.2 Å². The van der Waals surface area contributed by atoms with Crippen molar-refractivity contribution in [3.63, 3.8) is 0 Å². The van der Waals surface area contributed by atoms with E-state index in [2.05, 4.69) is 0 Å². The molecule has 0 aliphatic rings. The molecule has 0 heterocycles. The lowest BCUT2D eigenvalue weighted by molar-refractivity contribution is 0.501. The molecule has 2 aromatic rings. The van der Waals surface area contributed by atoms with Gasteiger partial charge in [0.25, 0.3) is 0 Å². The van der Waals surface area contributed by atoms with Gasteiger partial charge in [-0.1, -0.05) is 12.1 Å². The summed E-state index contributed by atoms with van der Waals surface area (Å²) in [6.45, 7) is 1.34. The Hall–Kier alpha value is -1.93. The van der Waals surface area contributed by atoms with Gasteiger partial charge >= 0.3 is 0 Å². The molecule has 0 amide bonds. The van der Waals surface area contributed by atoms with Crippen molar-refractivity contribution in [3.8, 4) is 0 Å². The summed E-state index contributed by atoms with van der Waals surface area (Å²) in [7, 11) is -4.51. The molecular weight excluding hydrogens is 322 g/mol. The van der Waals surface area contributed by atoms with Crippen LogP contribution in [0.25, 0.3) is 0 Å². The fraction of sp³-hybridized carbons (Fsp3) is 0.143. The molecule has 0 spiro atoms. The smallest absolute Gasteiger partial charge is 0.207 e. The monoisotopic (exact) mass is 333 g/mol. The SMILES string of the molecule is CC(NS(=O)(=O)c1c(F)cccc1F)c1ccc(F)c(F)c1. The Balaban J connectivity index is 2.34. The molecule has 0 aliphatic heterocycles. The summed E-state index contributed by atoms with van der Waals surface area (Å²) in [5.74, 6) is -4.73. The highest BCUT2D eigenvalue weighted by atomic mass is 32.2. The average molecular weight is 333 g/mol. The Morgan fingerprint density at radius 3 is 2.05 bits per heavy atom. The van der Waals surface area contributed by atoms with Gasteiger partial charge in [-0.15, -0.1) is 0 Å². The zero-order valence-corrected chi connectivity index (χ0v) is 12.1. The van der Waals surface area contributed by atoms with E-state index in [-0.39, 0.29) is 5.56 Å². The van der Waals surface area contributed by atoms with Crippen LogP contribution in [0.15, 0.2) is 41.3 Å². The number of sulfonamides is 1. The normalized spacial score (nSPS) is 13.1. The largest absolute Gasteiger partial charge is 0.246 e. The fourth-order valence-corrected chi connectivity index (χ4v) is 3.25. The van der Waals surface area contributed by atoms with Crippen LogP contribution < -0.4 is 4.72 Å². The second-order valence-corrected chi connectivity index (χ2v) is 6.22. The first kappa shape index (κ1) is 16.4. The first-order valence-electron chi connectivity index (χ1n) is 6.13. The summed E-state index contributed by atoms with van der Waals surface area (Å²) in [6, 6.07) is 4.43. The maximum Gasteiger partial charge on any atom is 0.246 e. The predicted octanol–water partition coefficient (Wildman–Crippen LogP) is 3.28. The average Bonchev–Trinajstić information content (AvgIpc) is 2.40. The van der Waals surface area contributed by atoms with E-state index in [1.54, 1.807) is 0 Å². The molecule has 118 valence electrons. The lowest BCUT2D eigenvalue weighted by Gasteiger charge is -2.15. The zero-order chi connectivity index (χ0) is 16.5. The van der Waals surface area contributed by atoms with Crippen LogP contribution in [0.2, 0.25) is 0 Å². The summed E-state index contributed by atoms with van der Waals surface area (Å²) in [4.78, 5) is -1.12. The summed E-state index contributed by atoms with van der Waals surface area (Å²) < 4.78 is 79.2. The summed E-state index contributed by atoms with van der Waals surface area (Å²) in [5.41, 5.74) is 0.110. The molecule has 1 unspecified atom stereocenters. The van der Waals surface area contributed by atoms with Crippen LogP contribution >= 0.6 is 0 Å². The minimum Gasteiger partial charge on any atom is -0.207 e. The number of nitrogens with one attached hydrogen (secondary N) is 1. The van der Waals surface area contributed by atoms with E-state index < -0.39 is 44.2 Å². The topological polar surface area (TPSA) is 46.2 Å². The number of benzene rings is 2. The Bertz CT molecular complexity index is 788. The van der Waals surface area contributed by atoms with Crippen molar-refractivity contribution in [2.75, 3.05) is 0 Å². The van der Waals surface area contributed by atoms with E-state index in [1.807, 2.05) is 4.72 Å². The second-order valence-electron chi connectivity index (χ2n) is 4.57. The molecule has 2 aromatic carbocycles. The first-order valence-corrected chi connectivity index (χ1v) is 7.62. The van der Waals surface area contributed by atoms with E-state index in [0.29, 0.717) is 0 Å². The van der Waals surface area contributed by atoms with Crippen LogP contribution in [0.3, 0.4) is 0 Å². The molecule has 2 rings (SSSR count). The summed E-state index contributed by atoms with van der Waals surface area (Å²) >= 11 is 0. The van der Waals surface area contributed by atoms with E-state index in [1.165, 1.54) is 13.0 Å². The standard InChI is InChI=1S/C14H11F4NO2S/c1-8(9-5-6-10(15)13(18)7-9)19-22(20,21)14-11(16)3-2-4-12(14)17/h2-8,19H,1H3. The van der Waals surface area contributed by atoms with Crippen molar-refractivity contribution in [2.45, 2.75) is 17.9 Å². The van der Waals surface area contributed by atoms with E-state index in [9.17, 15) is 26.0 Å².